The van der Waals surface area contributed by atoms with Gasteiger partial charge in [-0.3, -0.25) is 9.36 Å². The van der Waals surface area contributed by atoms with Crippen molar-refractivity contribution in [3.63, 3.8) is 0 Å². The highest BCUT2D eigenvalue weighted by atomic mass is 16.5. The molecule has 0 saturated carbocycles. The first-order valence-electron chi connectivity index (χ1n) is 11.6. The number of nitrogens with one attached hydrogen (secondary N) is 1. The maximum Gasteiger partial charge on any atom is 0.342 e. The molecule has 0 spiro atoms. The summed E-state index contributed by atoms with van der Waals surface area (Å²) < 4.78 is 18.1. The number of aryl methyl sites for hydroxylation is 2. The number of carbonyl (C=O) groups is 2. The Hall–Kier alpha value is -4.84. The number of nitriles is 1. The SMILES string of the molecule is Cc1noc(C)c1COc1ccccc1C(=O)OCC(=O)Nc1c(C#N)c(C)c(C)n1-c1ccccc1. The molecule has 2 heterocycles. The molecule has 0 atom stereocenters. The molecule has 0 aliphatic heterocycles. The Balaban J connectivity index is 1.47. The van der Waals surface area contributed by atoms with E-state index in [4.69, 9.17) is 14.0 Å². The molecule has 9 heteroatoms. The lowest BCUT2D eigenvalue weighted by atomic mass is 10.2. The number of hydrogen-bond acceptors (Lipinski definition) is 7. The zero-order valence-electron chi connectivity index (χ0n) is 21.0. The molecule has 1 N–H and O–H groups in total. The van der Waals surface area contributed by atoms with Gasteiger partial charge in [-0.15, -0.1) is 0 Å². The maximum atomic E-state index is 12.8. The molecule has 4 aromatic rings. The third kappa shape index (κ3) is 5.23. The van der Waals surface area contributed by atoms with Gasteiger partial charge in [0.2, 0.25) is 0 Å². The monoisotopic (exact) mass is 498 g/mol. The average Bonchev–Trinajstić information content (AvgIpc) is 3.35. The molecular formula is C28H26N4O5. The van der Waals surface area contributed by atoms with E-state index in [-0.39, 0.29) is 12.2 Å². The van der Waals surface area contributed by atoms with Crippen LogP contribution in [0.2, 0.25) is 0 Å². The van der Waals surface area contributed by atoms with Crippen LogP contribution in [0.25, 0.3) is 5.69 Å². The fraction of sp³-hybridized carbons (Fsp3) is 0.214. The molecule has 4 rings (SSSR count). The lowest BCUT2D eigenvalue weighted by Crippen LogP contribution is -2.23. The second-order valence-electron chi connectivity index (χ2n) is 8.43. The van der Waals surface area contributed by atoms with Crippen molar-refractivity contribution in [2.45, 2.75) is 34.3 Å². The Bertz CT molecular complexity index is 1480. The number of hydrogen-bond donors (Lipinski definition) is 1. The number of carbonyl (C=O) groups excluding carboxylic acids is 2. The van der Waals surface area contributed by atoms with Gasteiger partial charge in [0.05, 0.1) is 16.8 Å². The van der Waals surface area contributed by atoms with Crippen LogP contribution in [0.15, 0.2) is 59.1 Å². The van der Waals surface area contributed by atoms with Gasteiger partial charge in [-0.05, 0) is 57.5 Å². The van der Waals surface area contributed by atoms with Gasteiger partial charge >= 0.3 is 5.97 Å². The number of para-hydroxylation sites is 2. The molecule has 37 heavy (non-hydrogen) atoms. The topological polar surface area (TPSA) is 119 Å². The number of esters is 1. The first kappa shape index (κ1) is 25.3. The lowest BCUT2D eigenvalue weighted by molar-refractivity contribution is -0.119. The Kier molecular flexibility index (Phi) is 7.39. The number of anilines is 1. The molecule has 0 unspecified atom stereocenters. The number of ether oxygens (including phenoxy) is 2. The summed E-state index contributed by atoms with van der Waals surface area (Å²) in [6, 6.07) is 18.2. The second-order valence-corrected chi connectivity index (χ2v) is 8.43. The fourth-order valence-corrected chi connectivity index (χ4v) is 3.96. The van der Waals surface area contributed by atoms with Crippen LogP contribution in [0.1, 0.15) is 44.2 Å². The van der Waals surface area contributed by atoms with Crippen LogP contribution >= 0.6 is 0 Å². The van der Waals surface area contributed by atoms with Crippen LogP contribution in [0.5, 0.6) is 5.75 Å². The molecule has 0 saturated heterocycles. The third-order valence-corrected chi connectivity index (χ3v) is 6.09. The standard InChI is InChI=1S/C28H26N4O5/c1-17-19(3)32(21-10-6-5-7-11-21)27(23(17)14-29)30-26(33)16-36-28(34)22-12-8-9-13-25(22)35-15-24-18(2)31-37-20(24)4/h5-13H,15-16H2,1-4H3,(H,30,33). The van der Waals surface area contributed by atoms with Crippen LogP contribution in [-0.2, 0) is 16.1 Å². The molecular weight excluding hydrogens is 472 g/mol. The van der Waals surface area contributed by atoms with Gasteiger partial charge in [0.25, 0.3) is 5.91 Å². The molecule has 0 radical (unpaired) electrons. The summed E-state index contributed by atoms with van der Waals surface area (Å²) in [7, 11) is 0. The van der Waals surface area contributed by atoms with E-state index < -0.39 is 18.5 Å². The largest absolute Gasteiger partial charge is 0.488 e. The molecule has 2 aromatic carbocycles. The number of nitrogens with zero attached hydrogens (tertiary/aromatic N) is 3. The number of aromatic nitrogens is 2. The Morgan fingerprint density at radius 3 is 2.43 bits per heavy atom. The molecule has 9 nitrogen and oxygen atoms in total. The molecule has 1 amide bonds. The van der Waals surface area contributed by atoms with E-state index in [2.05, 4.69) is 16.5 Å². The quantitative estimate of drug-likeness (QED) is 0.342. The van der Waals surface area contributed by atoms with Crippen LogP contribution in [0, 0.1) is 39.0 Å². The van der Waals surface area contributed by atoms with E-state index >= 15 is 0 Å². The maximum absolute atomic E-state index is 12.8. The van der Waals surface area contributed by atoms with Gasteiger partial charge in [0.1, 0.15) is 35.6 Å². The summed E-state index contributed by atoms with van der Waals surface area (Å²) in [6.07, 6.45) is 0. The van der Waals surface area contributed by atoms with Crippen molar-refractivity contribution in [3.05, 3.63) is 94.0 Å². The highest BCUT2D eigenvalue weighted by molar-refractivity contribution is 5.97. The second kappa shape index (κ2) is 10.8. The molecule has 0 aliphatic rings. The van der Waals surface area contributed by atoms with Crippen molar-refractivity contribution in [1.82, 2.24) is 9.72 Å². The Morgan fingerprint density at radius 2 is 1.76 bits per heavy atom. The summed E-state index contributed by atoms with van der Waals surface area (Å²) in [5.74, 6) is -0.0157. The molecule has 0 bridgehead atoms. The van der Waals surface area contributed by atoms with Crippen molar-refractivity contribution in [2.24, 2.45) is 0 Å². The number of benzene rings is 2. The zero-order chi connectivity index (χ0) is 26.5. The van der Waals surface area contributed by atoms with E-state index in [0.717, 1.165) is 22.5 Å². The van der Waals surface area contributed by atoms with E-state index in [0.29, 0.717) is 28.6 Å². The minimum Gasteiger partial charge on any atom is -0.488 e. The Labute approximate surface area is 214 Å². The highest BCUT2D eigenvalue weighted by Gasteiger charge is 2.22. The van der Waals surface area contributed by atoms with Gasteiger partial charge in [-0.2, -0.15) is 5.26 Å². The van der Waals surface area contributed by atoms with Gasteiger partial charge in [-0.1, -0.05) is 35.5 Å². The van der Waals surface area contributed by atoms with E-state index in [1.54, 1.807) is 35.8 Å². The fourth-order valence-electron chi connectivity index (χ4n) is 3.96. The summed E-state index contributed by atoms with van der Waals surface area (Å²) in [5, 5.41) is 16.4. The summed E-state index contributed by atoms with van der Waals surface area (Å²) >= 11 is 0. The van der Waals surface area contributed by atoms with Gasteiger partial charge < -0.3 is 19.3 Å². The smallest absolute Gasteiger partial charge is 0.342 e. The highest BCUT2D eigenvalue weighted by Crippen LogP contribution is 2.30. The normalized spacial score (nSPS) is 10.6. The third-order valence-electron chi connectivity index (χ3n) is 6.09. The van der Waals surface area contributed by atoms with Crippen molar-refractivity contribution >= 4 is 17.7 Å². The van der Waals surface area contributed by atoms with Crippen LogP contribution in [0.3, 0.4) is 0 Å². The van der Waals surface area contributed by atoms with Crippen molar-refractivity contribution in [3.8, 4) is 17.5 Å². The van der Waals surface area contributed by atoms with E-state index in [1.165, 1.54) is 0 Å². The number of amides is 1. The lowest BCUT2D eigenvalue weighted by Gasteiger charge is -2.14. The first-order valence-corrected chi connectivity index (χ1v) is 11.6. The molecule has 0 aliphatic carbocycles. The van der Waals surface area contributed by atoms with Crippen molar-refractivity contribution in [1.29, 1.82) is 5.26 Å². The molecule has 2 aromatic heterocycles. The number of rotatable bonds is 8. The van der Waals surface area contributed by atoms with Gasteiger partial charge in [-0.25, -0.2) is 4.79 Å². The summed E-state index contributed by atoms with van der Waals surface area (Å²) in [5.41, 5.74) is 4.39. The van der Waals surface area contributed by atoms with Gasteiger partial charge in [0, 0.05) is 11.4 Å². The summed E-state index contributed by atoms with van der Waals surface area (Å²) in [4.78, 5) is 25.6. The van der Waals surface area contributed by atoms with Crippen LogP contribution < -0.4 is 10.1 Å². The minimum absolute atomic E-state index is 0.165. The zero-order valence-corrected chi connectivity index (χ0v) is 21.0. The predicted octanol–water partition coefficient (Wildman–Crippen LogP) is 4.95. The minimum atomic E-state index is -0.712. The van der Waals surface area contributed by atoms with Crippen molar-refractivity contribution in [2.75, 3.05) is 11.9 Å². The first-order chi connectivity index (χ1) is 17.8. The average molecular weight is 499 g/mol. The van der Waals surface area contributed by atoms with E-state index in [9.17, 15) is 14.9 Å². The Morgan fingerprint density at radius 1 is 1.05 bits per heavy atom. The van der Waals surface area contributed by atoms with E-state index in [1.807, 2.05) is 51.1 Å². The van der Waals surface area contributed by atoms with Crippen molar-refractivity contribution < 1.29 is 23.6 Å². The van der Waals surface area contributed by atoms with Crippen LogP contribution in [0.4, 0.5) is 5.82 Å². The molecule has 0 fully saturated rings. The predicted molar refractivity (Wildman–Crippen MR) is 136 cm³/mol. The summed E-state index contributed by atoms with van der Waals surface area (Å²) in [6.45, 7) is 6.91. The van der Waals surface area contributed by atoms with Gasteiger partial charge in [0.15, 0.2) is 6.61 Å². The van der Waals surface area contributed by atoms with Crippen LogP contribution in [-0.4, -0.2) is 28.2 Å². The molecule has 188 valence electrons.